The van der Waals surface area contributed by atoms with Gasteiger partial charge < -0.3 is 20.7 Å². The van der Waals surface area contributed by atoms with Gasteiger partial charge in [-0.3, -0.25) is 4.79 Å². The Bertz CT molecular complexity index is 431. The number of halogens is 3. The molecule has 1 amide bonds. The van der Waals surface area contributed by atoms with E-state index in [0.717, 1.165) is 5.56 Å². The largest absolute Gasteiger partial charge is 0.380 e. The van der Waals surface area contributed by atoms with Crippen LogP contribution in [0, 0.1) is 5.82 Å². The third-order valence-electron chi connectivity index (χ3n) is 3.19. The molecule has 1 aromatic carbocycles. The highest BCUT2D eigenvalue weighted by Crippen LogP contribution is 2.05. The van der Waals surface area contributed by atoms with E-state index < -0.39 is 0 Å². The van der Waals surface area contributed by atoms with Gasteiger partial charge in [0.15, 0.2) is 0 Å². The van der Waals surface area contributed by atoms with Gasteiger partial charge in [0.2, 0.25) is 5.91 Å². The predicted octanol–water partition coefficient (Wildman–Crippen LogP) is 1.58. The number of hydrogen-bond donors (Lipinski definition) is 2. The molecule has 1 unspecified atom stereocenters. The van der Waals surface area contributed by atoms with Gasteiger partial charge in [0.25, 0.3) is 0 Å². The summed E-state index contributed by atoms with van der Waals surface area (Å²) >= 11 is 0. The fraction of sp³-hybridized carbons (Fsp3) is 0.533. The van der Waals surface area contributed by atoms with E-state index in [1.165, 1.54) is 12.1 Å². The zero-order valence-corrected chi connectivity index (χ0v) is 15.1. The SMILES string of the molecule is COC(CN)CC(=O)NCCN(C)Cc1ccc(F)cc1.Cl.Cl. The van der Waals surface area contributed by atoms with Gasteiger partial charge in [-0.2, -0.15) is 0 Å². The van der Waals surface area contributed by atoms with Crippen molar-refractivity contribution >= 4 is 30.7 Å². The van der Waals surface area contributed by atoms with Crippen LogP contribution in [0.25, 0.3) is 0 Å². The lowest BCUT2D eigenvalue weighted by atomic mass is 10.2. The molecule has 0 bridgehead atoms. The number of nitrogens with one attached hydrogen (secondary N) is 1. The van der Waals surface area contributed by atoms with Crippen LogP contribution in [0.1, 0.15) is 12.0 Å². The maximum absolute atomic E-state index is 12.8. The van der Waals surface area contributed by atoms with Gasteiger partial charge >= 0.3 is 0 Å². The number of likely N-dealkylation sites (N-methyl/N-ethyl adjacent to an activating group) is 1. The second kappa shape index (κ2) is 13.5. The van der Waals surface area contributed by atoms with E-state index in [0.29, 0.717) is 26.2 Å². The molecule has 3 N–H and O–H groups in total. The van der Waals surface area contributed by atoms with Crippen molar-refractivity contribution in [2.75, 3.05) is 33.8 Å². The molecule has 23 heavy (non-hydrogen) atoms. The topological polar surface area (TPSA) is 67.6 Å². The number of rotatable bonds is 9. The lowest BCUT2D eigenvalue weighted by molar-refractivity contribution is -0.123. The molecule has 0 saturated heterocycles. The van der Waals surface area contributed by atoms with Crippen LogP contribution >= 0.6 is 24.8 Å². The molecule has 0 aromatic heterocycles. The van der Waals surface area contributed by atoms with Crippen molar-refractivity contribution in [2.24, 2.45) is 5.73 Å². The lowest BCUT2D eigenvalue weighted by Crippen LogP contribution is -2.36. The second-order valence-electron chi connectivity index (χ2n) is 5.01. The molecule has 0 fully saturated rings. The summed E-state index contributed by atoms with van der Waals surface area (Å²) in [5.41, 5.74) is 6.50. The van der Waals surface area contributed by atoms with Crippen LogP contribution in [0.2, 0.25) is 0 Å². The quantitative estimate of drug-likeness (QED) is 0.693. The van der Waals surface area contributed by atoms with Gasteiger partial charge in [0.1, 0.15) is 5.82 Å². The Balaban J connectivity index is 0. The standard InChI is InChI=1S/C15H24FN3O2.2ClH/c1-19(11-12-3-5-13(16)6-4-12)8-7-18-15(20)9-14(10-17)21-2;;/h3-6,14H,7-11,17H2,1-2H3,(H,18,20);2*1H. The molecule has 1 atom stereocenters. The van der Waals surface area contributed by atoms with E-state index in [1.54, 1.807) is 19.2 Å². The van der Waals surface area contributed by atoms with E-state index >= 15 is 0 Å². The molecule has 134 valence electrons. The molecule has 0 heterocycles. The van der Waals surface area contributed by atoms with Crippen LogP contribution in [-0.4, -0.2) is 50.7 Å². The zero-order chi connectivity index (χ0) is 15.7. The number of hydrogen-bond acceptors (Lipinski definition) is 4. The molecule has 0 spiro atoms. The number of ether oxygens (including phenoxy) is 1. The number of nitrogens with two attached hydrogens (primary N) is 1. The van der Waals surface area contributed by atoms with E-state index in [-0.39, 0.29) is 49.1 Å². The minimum absolute atomic E-state index is 0. The van der Waals surface area contributed by atoms with Gasteiger partial charge in [-0.15, -0.1) is 24.8 Å². The Hall–Kier alpha value is -0.920. The Morgan fingerprint density at radius 1 is 1.35 bits per heavy atom. The van der Waals surface area contributed by atoms with Crippen molar-refractivity contribution in [2.45, 2.75) is 19.1 Å². The Kier molecular flexibility index (Phi) is 14.3. The molecule has 1 aromatic rings. The average molecular weight is 370 g/mol. The normalized spacial score (nSPS) is 11.3. The smallest absolute Gasteiger partial charge is 0.222 e. The number of carbonyl (C=O) groups is 1. The number of benzene rings is 1. The molecule has 0 aliphatic rings. The minimum Gasteiger partial charge on any atom is -0.380 e. The van der Waals surface area contributed by atoms with Gasteiger partial charge in [-0.1, -0.05) is 12.1 Å². The van der Waals surface area contributed by atoms with E-state index in [1.807, 2.05) is 7.05 Å². The van der Waals surface area contributed by atoms with Gasteiger partial charge in [0.05, 0.1) is 12.5 Å². The maximum Gasteiger partial charge on any atom is 0.222 e. The minimum atomic E-state index is -0.235. The first-order chi connectivity index (χ1) is 10.0. The maximum atomic E-state index is 12.8. The monoisotopic (exact) mass is 369 g/mol. The van der Waals surface area contributed by atoms with Crippen LogP contribution in [0.4, 0.5) is 4.39 Å². The number of methoxy groups -OCH3 is 1. The first-order valence-electron chi connectivity index (χ1n) is 6.97. The summed E-state index contributed by atoms with van der Waals surface area (Å²) < 4.78 is 17.9. The summed E-state index contributed by atoms with van der Waals surface area (Å²) in [6, 6.07) is 6.41. The fourth-order valence-electron chi connectivity index (χ4n) is 1.91. The average Bonchev–Trinajstić information content (AvgIpc) is 2.47. The highest BCUT2D eigenvalue weighted by atomic mass is 35.5. The molecular formula is C15H26Cl2FN3O2. The van der Waals surface area contributed by atoms with E-state index in [2.05, 4.69) is 10.2 Å². The molecule has 5 nitrogen and oxygen atoms in total. The van der Waals surface area contributed by atoms with Crippen molar-refractivity contribution < 1.29 is 13.9 Å². The van der Waals surface area contributed by atoms with Crippen molar-refractivity contribution in [3.05, 3.63) is 35.6 Å². The Labute approximate surface area is 149 Å². The Morgan fingerprint density at radius 2 is 1.96 bits per heavy atom. The van der Waals surface area contributed by atoms with Crippen molar-refractivity contribution in [1.82, 2.24) is 10.2 Å². The highest BCUT2D eigenvalue weighted by Gasteiger charge is 2.11. The van der Waals surface area contributed by atoms with Crippen LogP contribution in [0.3, 0.4) is 0 Å². The third-order valence-corrected chi connectivity index (χ3v) is 3.19. The van der Waals surface area contributed by atoms with Crippen molar-refractivity contribution in [1.29, 1.82) is 0 Å². The van der Waals surface area contributed by atoms with Crippen molar-refractivity contribution in [3.63, 3.8) is 0 Å². The zero-order valence-electron chi connectivity index (χ0n) is 13.5. The van der Waals surface area contributed by atoms with Crippen LogP contribution in [-0.2, 0) is 16.1 Å². The van der Waals surface area contributed by atoms with E-state index in [9.17, 15) is 9.18 Å². The summed E-state index contributed by atoms with van der Waals surface area (Å²) in [5, 5.41) is 2.83. The molecule has 8 heteroatoms. The number of carbonyl (C=O) groups excluding carboxylic acids is 1. The third kappa shape index (κ3) is 10.5. The second-order valence-corrected chi connectivity index (χ2v) is 5.01. The molecule has 1 rings (SSSR count). The number of amides is 1. The fourth-order valence-corrected chi connectivity index (χ4v) is 1.91. The lowest BCUT2D eigenvalue weighted by Gasteiger charge is -2.18. The van der Waals surface area contributed by atoms with Gasteiger partial charge in [0, 0.05) is 33.3 Å². The first kappa shape index (κ1) is 24.3. The summed E-state index contributed by atoms with van der Waals surface area (Å²) in [5.74, 6) is -0.302. The summed E-state index contributed by atoms with van der Waals surface area (Å²) in [7, 11) is 3.49. The predicted molar refractivity (Wildman–Crippen MR) is 94.7 cm³/mol. The summed E-state index contributed by atoms with van der Waals surface area (Å²) in [6.07, 6.45) is 0.0382. The van der Waals surface area contributed by atoms with Crippen LogP contribution in [0.15, 0.2) is 24.3 Å². The van der Waals surface area contributed by atoms with Crippen LogP contribution in [0.5, 0.6) is 0 Å². The summed E-state index contributed by atoms with van der Waals surface area (Å²) in [6.45, 7) is 2.30. The molecule has 0 saturated carbocycles. The molecule has 0 aliphatic carbocycles. The molecule has 0 radical (unpaired) electrons. The van der Waals surface area contributed by atoms with Gasteiger partial charge in [-0.25, -0.2) is 4.39 Å². The number of nitrogens with zero attached hydrogens (tertiary/aromatic N) is 1. The van der Waals surface area contributed by atoms with E-state index in [4.69, 9.17) is 10.5 Å². The van der Waals surface area contributed by atoms with Crippen LogP contribution < -0.4 is 11.1 Å². The van der Waals surface area contributed by atoms with Gasteiger partial charge in [-0.05, 0) is 24.7 Å². The Morgan fingerprint density at radius 3 is 2.48 bits per heavy atom. The molecule has 0 aliphatic heterocycles. The summed E-state index contributed by atoms with van der Waals surface area (Å²) in [4.78, 5) is 13.7. The first-order valence-corrected chi connectivity index (χ1v) is 6.97. The molecular weight excluding hydrogens is 344 g/mol. The highest BCUT2D eigenvalue weighted by molar-refractivity contribution is 5.85. The van der Waals surface area contributed by atoms with Crippen molar-refractivity contribution in [3.8, 4) is 0 Å².